The average molecular weight is 178 g/mol. The number of H-pyrrole nitrogens is 1. The van der Waals surface area contributed by atoms with Gasteiger partial charge in [-0.25, -0.2) is 0 Å². The van der Waals surface area contributed by atoms with E-state index in [1.54, 1.807) is 18.3 Å². The molecule has 0 aromatic carbocycles. The summed E-state index contributed by atoms with van der Waals surface area (Å²) in [7, 11) is 0. The number of aromatic nitrogens is 1. The fourth-order valence-corrected chi connectivity index (χ4v) is 1.30. The first-order valence-electron chi connectivity index (χ1n) is 4.11. The minimum atomic E-state index is -0.121. The summed E-state index contributed by atoms with van der Waals surface area (Å²) in [6, 6.07) is 3.47. The van der Waals surface area contributed by atoms with Gasteiger partial charge < -0.3 is 15.1 Å². The van der Waals surface area contributed by atoms with Crippen LogP contribution in [-0.4, -0.2) is 11.5 Å². The van der Waals surface area contributed by atoms with Gasteiger partial charge in [0.05, 0.1) is 5.39 Å². The Kier molecular flexibility index (Phi) is 1.90. The maximum atomic E-state index is 11.2. The van der Waals surface area contributed by atoms with Crippen LogP contribution in [0.2, 0.25) is 0 Å². The van der Waals surface area contributed by atoms with Crippen molar-refractivity contribution in [3.63, 3.8) is 0 Å². The molecule has 3 N–H and O–H groups in total. The molecule has 0 spiro atoms. The SMILES string of the molecule is NCCc1cc2c(=O)[nH]ccc2o1. The van der Waals surface area contributed by atoms with Crippen molar-refractivity contribution in [1.29, 1.82) is 0 Å². The van der Waals surface area contributed by atoms with E-state index >= 15 is 0 Å². The van der Waals surface area contributed by atoms with E-state index in [1.165, 1.54) is 0 Å². The van der Waals surface area contributed by atoms with E-state index < -0.39 is 0 Å². The maximum absolute atomic E-state index is 11.2. The molecule has 4 nitrogen and oxygen atoms in total. The second-order valence-electron chi connectivity index (χ2n) is 2.84. The smallest absolute Gasteiger partial charge is 0.259 e. The average Bonchev–Trinajstić information content (AvgIpc) is 2.49. The molecule has 0 saturated carbocycles. The highest BCUT2D eigenvalue weighted by atomic mass is 16.3. The van der Waals surface area contributed by atoms with Crippen LogP contribution in [0.15, 0.2) is 27.5 Å². The lowest BCUT2D eigenvalue weighted by Crippen LogP contribution is -2.02. The second kappa shape index (κ2) is 3.06. The summed E-state index contributed by atoms with van der Waals surface area (Å²) < 4.78 is 5.39. The van der Waals surface area contributed by atoms with E-state index in [4.69, 9.17) is 10.2 Å². The van der Waals surface area contributed by atoms with E-state index in [0.29, 0.717) is 23.9 Å². The molecule has 0 saturated heterocycles. The van der Waals surface area contributed by atoms with Gasteiger partial charge in [0.1, 0.15) is 11.3 Å². The zero-order valence-electron chi connectivity index (χ0n) is 7.04. The number of aromatic amines is 1. The molecule has 0 bridgehead atoms. The van der Waals surface area contributed by atoms with Crippen molar-refractivity contribution in [2.75, 3.05) is 6.54 Å². The summed E-state index contributed by atoms with van der Waals surface area (Å²) in [5.74, 6) is 0.759. The second-order valence-corrected chi connectivity index (χ2v) is 2.84. The van der Waals surface area contributed by atoms with E-state index in [0.717, 1.165) is 5.76 Å². The summed E-state index contributed by atoms with van der Waals surface area (Å²) >= 11 is 0. The van der Waals surface area contributed by atoms with Crippen molar-refractivity contribution >= 4 is 11.0 Å². The van der Waals surface area contributed by atoms with Crippen molar-refractivity contribution in [3.8, 4) is 0 Å². The van der Waals surface area contributed by atoms with Crippen molar-refractivity contribution in [3.05, 3.63) is 34.4 Å². The molecule has 0 radical (unpaired) electrons. The Labute approximate surface area is 74.4 Å². The van der Waals surface area contributed by atoms with Crippen molar-refractivity contribution < 1.29 is 4.42 Å². The molecule has 13 heavy (non-hydrogen) atoms. The zero-order chi connectivity index (χ0) is 9.26. The third kappa shape index (κ3) is 1.36. The molecule has 0 amide bonds. The predicted molar refractivity (Wildman–Crippen MR) is 49.6 cm³/mol. The third-order valence-corrected chi connectivity index (χ3v) is 1.90. The molecule has 0 aliphatic rings. The van der Waals surface area contributed by atoms with Gasteiger partial charge >= 0.3 is 0 Å². The van der Waals surface area contributed by atoms with Gasteiger partial charge in [-0.2, -0.15) is 0 Å². The maximum Gasteiger partial charge on any atom is 0.259 e. The van der Waals surface area contributed by atoms with Gasteiger partial charge in [-0.1, -0.05) is 0 Å². The van der Waals surface area contributed by atoms with Gasteiger partial charge in [-0.3, -0.25) is 4.79 Å². The van der Waals surface area contributed by atoms with Gasteiger partial charge in [-0.15, -0.1) is 0 Å². The molecular weight excluding hydrogens is 168 g/mol. The highest BCUT2D eigenvalue weighted by Crippen LogP contribution is 2.14. The molecule has 0 aliphatic heterocycles. The Bertz CT molecular complexity index is 470. The highest BCUT2D eigenvalue weighted by Gasteiger charge is 2.04. The summed E-state index contributed by atoms with van der Waals surface area (Å²) in [5.41, 5.74) is 5.87. The molecular formula is C9H10N2O2. The summed E-state index contributed by atoms with van der Waals surface area (Å²) in [6.45, 7) is 0.526. The first kappa shape index (κ1) is 8.07. The van der Waals surface area contributed by atoms with E-state index in [-0.39, 0.29) is 5.56 Å². The standard InChI is InChI=1S/C9H10N2O2/c10-3-1-6-5-7-8(13-6)2-4-11-9(7)12/h2,4-5H,1,3,10H2,(H,11,12). The monoisotopic (exact) mass is 178 g/mol. The number of pyridine rings is 1. The summed E-state index contributed by atoms with van der Waals surface area (Å²) in [6.07, 6.45) is 2.23. The van der Waals surface area contributed by atoms with Crippen LogP contribution in [0, 0.1) is 0 Å². The van der Waals surface area contributed by atoms with E-state index in [9.17, 15) is 4.79 Å². The third-order valence-electron chi connectivity index (χ3n) is 1.90. The lowest BCUT2D eigenvalue weighted by Gasteiger charge is -1.87. The van der Waals surface area contributed by atoms with Crippen LogP contribution in [-0.2, 0) is 6.42 Å². The van der Waals surface area contributed by atoms with Gasteiger partial charge in [0.2, 0.25) is 0 Å². The van der Waals surface area contributed by atoms with Crippen LogP contribution in [0.3, 0.4) is 0 Å². The predicted octanol–water partition coefficient (Wildman–Crippen LogP) is 0.622. The number of fused-ring (bicyclic) bond motifs is 1. The van der Waals surface area contributed by atoms with Gasteiger partial charge in [0.15, 0.2) is 0 Å². The van der Waals surface area contributed by atoms with Crippen molar-refractivity contribution in [1.82, 2.24) is 4.98 Å². The van der Waals surface area contributed by atoms with Gasteiger partial charge in [-0.05, 0) is 18.7 Å². The summed E-state index contributed by atoms with van der Waals surface area (Å²) in [5, 5.41) is 0.589. The van der Waals surface area contributed by atoms with Crippen molar-refractivity contribution in [2.45, 2.75) is 6.42 Å². The molecule has 2 heterocycles. The highest BCUT2D eigenvalue weighted by molar-refractivity contribution is 5.76. The van der Waals surface area contributed by atoms with E-state index in [2.05, 4.69) is 4.98 Å². The van der Waals surface area contributed by atoms with Crippen LogP contribution >= 0.6 is 0 Å². The largest absolute Gasteiger partial charge is 0.461 e. The number of hydrogen-bond donors (Lipinski definition) is 2. The molecule has 2 aromatic heterocycles. The topological polar surface area (TPSA) is 72.0 Å². The van der Waals surface area contributed by atoms with Gasteiger partial charge in [0.25, 0.3) is 5.56 Å². The first-order chi connectivity index (χ1) is 6.31. The zero-order valence-corrected chi connectivity index (χ0v) is 7.04. The van der Waals surface area contributed by atoms with Crippen LogP contribution in [0.5, 0.6) is 0 Å². The lowest BCUT2D eigenvalue weighted by molar-refractivity contribution is 0.550. The van der Waals surface area contributed by atoms with Crippen LogP contribution in [0.1, 0.15) is 5.76 Å². The minimum Gasteiger partial charge on any atom is -0.461 e. The number of hydrogen-bond acceptors (Lipinski definition) is 3. The molecule has 0 atom stereocenters. The Morgan fingerprint density at radius 1 is 1.54 bits per heavy atom. The Morgan fingerprint density at radius 2 is 2.38 bits per heavy atom. The number of nitrogens with one attached hydrogen (secondary N) is 1. The van der Waals surface area contributed by atoms with Gasteiger partial charge in [0, 0.05) is 12.6 Å². The molecule has 4 heteroatoms. The minimum absolute atomic E-state index is 0.121. The van der Waals surface area contributed by atoms with Crippen LogP contribution in [0.25, 0.3) is 11.0 Å². The molecule has 0 unspecified atom stereocenters. The Morgan fingerprint density at radius 3 is 3.08 bits per heavy atom. The normalized spacial score (nSPS) is 10.8. The fraction of sp³-hybridized carbons (Fsp3) is 0.222. The molecule has 68 valence electrons. The number of furan rings is 1. The lowest BCUT2D eigenvalue weighted by atomic mass is 10.3. The first-order valence-corrected chi connectivity index (χ1v) is 4.11. The van der Waals surface area contributed by atoms with Crippen LogP contribution < -0.4 is 11.3 Å². The molecule has 2 rings (SSSR count). The molecule has 0 fully saturated rings. The van der Waals surface area contributed by atoms with Crippen molar-refractivity contribution in [2.24, 2.45) is 5.73 Å². The fourth-order valence-electron chi connectivity index (χ4n) is 1.30. The number of rotatable bonds is 2. The number of nitrogens with two attached hydrogens (primary N) is 1. The Hall–Kier alpha value is -1.55. The van der Waals surface area contributed by atoms with Crippen LogP contribution in [0.4, 0.5) is 0 Å². The van der Waals surface area contributed by atoms with E-state index in [1.807, 2.05) is 0 Å². The quantitative estimate of drug-likeness (QED) is 0.708. The summed E-state index contributed by atoms with van der Waals surface area (Å²) in [4.78, 5) is 13.8. The molecule has 2 aromatic rings. The molecule has 0 aliphatic carbocycles. The Balaban J connectivity index is 2.62.